The standard InChI is InChI=1S/C18H20BrN3O4/c1-24-16-8-11(7-13(19)17(16)23)10-21-18(20)22-12-3-4-14-15(9-12)26-6-2-5-25-14/h3-4,7-9,23H,2,5-6,10H2,1H3,(H3,20,21,22). The van der Waals surface area contributed by atoms with Crippen LogP contribution >= 0.6 is 15.9 Å². The van der Waals surface area contributed by atoms with Gasteiger partial charge in [0, 0.05) is 18.2 Å². The molecule has 138 valence electrons. The molecule has 1 aliphatic rings. The Hall–Kier alpha value is -2.61. The molecule has 8 heteroatoms. The van der Waals surface area contributed by atoms with Gasteiger partial charge in [-0.05, 0) is 45.8 Å². The highest BCUT2D eigenvalue weighted by Gasteiger charge is 2.11. The fraction of sp³-hybridized carbons (Fsp3) is 0.278. The van der Waals surface area contributed by atoms with Gasteiger partial charge >= 0.3 is 0 Å². The molecule has 7 nitrogen and oxygen atoms in total. The van der Waals surface area contributed by atoms with E-state index in [-0.39, 0.29) is 11.7 Å². The number of halogens is 1. The summed E-state index contributed by atoms with van der Waals surface area (Å²) in [5, 5.41) is 12.9. The minimum absolute atomic E-state index is 0.0542. The summed E-state index contributed by atoms with van der Waals surface area (Å²) in [6.45, 7) is 1.60. The summed E-state index contributed by atoms with van der Waals surface area (Å²) in [6, 6.07) is 9.02. The molecule has 0 radical (unpaired) electrons. The first kappa shape index (κ1) is 18.2. The van der Waals surface area contributed by atoms with E-state index in [2.05, 4.69) is 26.2 Å². The third kappa shape index (κ3) is 4.32. The molecular weight excluding hydrogens is 402 g/mol. The molecule has 0 atom stereocenters. The summed E-state index contributed by atoms with van der Waals surface area (Å²) >= 11 is 3.29. The zero-order chi connectivity index (χ0) is 18.5. The Bertz CT molecular complexity index is 826. The number of phenols is 1. The van der Waals surface area contributed by atoms with E-state index in [1.165, 1.54) is 7.11 Å². The number of hydrogen-bond acceptors (Lipinski definition) is 5. The van der Waals surface area contributed by atoms with Crippen molar-refractivity contribution in [1.82, 2.24) is 0 Å². The average molecular weight is 422 g/mol. The molecule has 26 heavy (non-hydrogen) atoms. The molecule has 0 saturated heterocycles. The van der Waals surface area contributed by atoms with Crippen molar-refractivity contribution in [2.24, 2.45) is 10.7 Å². The number of hydrogen-bond donors (Lipinski definition) is 3. The highest BCUT2D eigenvalue weighted by molar-refractivity contribution is 9.10. The van der Waals surface area contributed by atoms with Gasteiger partial charge in [0.2, 0.25) is 0 Å². The van der Waals surface area contributed by atoms with Crippen LogP contribution in [0.4, 0.5) is 5.69 Å². The van der Waals surface area contributed by atoms with E-state index in [0.717, 1.165) is 23.4 Å². The Morgan fingerprint density at radius 1 is 1.27 bits per heavy atom. The normalized spacial score (nSPS) is 13.8. The van der Waals surface area contributed by atoms with Crippen LogP contribution in [0, 0.1) is 0 Å². The van der Waals surface area contributed by atoms with Gasteiger partial charge in [-0.3, -0.25) is 0 Å². The number of aromatic hydroxyl groups is 1. The predicted octanol–water partition coefficient (Wildman–Crippen LogP) is 3.25. The molecule has 0 amide bonds. The van der Waals surface area contributed by atoms with Crippen molar-refractivity contribution < 1.29 is 19.3 Å². The monoisotopic (exact) mass is 421 g/mol. The molecule has 2 aromatic carbocycles. The second-order valence-corrected chi connectivity index (χ2v) is 6.52. The van der Waals surface area contributed by atoms with Crippen molar-refractivity contribution in [3.63, 3.8) is 0 Å². The second kappa shape index (κ2) is 8.18. The molecule has 0 bridgehead atoms. The molecule has 2 aromatic rings. The average Bonchev–Trinajstić information content (AvgIpc) is 2.87. The molecule has 0 unspecified atom stereocenters. The molecule has 0 aliphatic carbocycles. The number of fused-ring (bicyclic) bond motifs is 1. The van der Waals surface area contributed by atoms with Crippen molar-refractivity contribution in [2.75, 3.05) is 25.6 Å². The van der Waals surface area contributed by atoms with E-state index in [1.54, 1.807) is 12.1 Å². The Morgan fingerprint density at radius 3 is 2.81 bits per heavy atom. The molecule has 0 fully saturated rings. The maximum Gasteiger partial charge on any atom is 0.193 e. The van der Waals surface area contributed by atoms with Gasteiger partial charge in [0.05, 0.1) is 31.3 Å². The SMILES string of the molecule is COc1cc(CN=C(N)Nc2ccc3c(c2)OCCCO3)cc(Br)c1O. The van der Waals surface area contributed by atoms with E-state index < -0.39 is 0 Å². The number of aliphatic imine (C=N–C) groups is 1. The molecule has 4 N–H and O–H groups in total. The van der Waals surface area contributed by atoms with Crippen LogP contribution in [0.5, 0.6) is 23.0 Å². The van der Waals surface area contributed by atoms with Crippen LogP contribution < -0.4 is 25.3 Å². The number of phenolic OH excluding ortho intramolecular Hbond substituents is 1. The minimum atomic E-state index is 0.0542. The van der Waals surface area contributed by atoms with Crippen LogP contribution in [0.1, 0.15) is 12.0 Å². The zero-order valence-corrected chi connectivity index (χ0v) is 15.9. The van der Waals surface area contributed by atoms with Gasteiger partial charge in [0.25, 0.3) is 0 Å². The number of guanidine groups is 1. The van der Waals surface area contributed by atoms with Crippen LogP contribution in [0.2, 0.25) is 0 Å². The number of benzene rings is 2. The number of anilines is 1. The maximum atomic E-state index is 9.84. The number of nitrogens with zero attached hydrogens (tertiary/aromatic N) is 1. The number of nitrogens with two attached hydrogens (primary N) is 1. The van der Waals surface area contributed by atoms with Crippen LogP contribution in [0.15, 0.2) is 39.8 Å². The third-order valence-electron chi connectivity index (χ3n) is 3.76. The Balaban J connectivity index is 1.69. The van der Waals surface area contributed by atoms with Gasteiger partial charge in [0.1, 0.15) is 0 Å². The Labute approximate surface area is 159 Å². The smallest absolute Gasteiger partial charge is 0.193 e. The summed E-state index contributed by atoms with van der Waals surface area (Å²) in [6.07, 6.45) is 0.854. The van der Waals surface area contributed by atoms with Crippen molar-refractivity contribution in [3.8, 4) is 23.0 Å². The summed E-state index contributed by atoms with van der Waals surface area (Å²) in [5.74, 6) is 2.11. The van der Waals surface area contributed by atoms with Crippen LogP contribution in [-0.2, 0) is 6.54 Å². The number of rotatable bonds is 4. The van der Waals surface area contributed by atoms with E-state index in [4.69, 9.17) is 19.9 Å². The quantitative estimate of drug-likeness (QED) is 0.517. The Kier molecular flexibility index (Phi) is 5.72. The lowest BCUT2D eigenvalue weighted by Crippen LogP contribution is -2.22. The van der Waals surface area contributed by atoms with E-state index in [1.807, 2.05) is 18.2 Å². The highest BCUT2D eigenvalue weighted by Crippen LogP contribution is 2.35. The Morgan fingerprint density at radius 2 is 2.04 bits per heavy atom. The van der Waals surface area contributed by atoms with Gasteiger partial charge in [-0.1, -0.05) is 0 Å². The van der Waals surface area contributed by atoms with Crippen LogP contribution in [0.3, 0.4) is 0 Å². The minimum Gasteiger partial charge on any atom is -0.503 e. The molecule has 0 aromatic heterocycles. The second-order valence-electron chi connectivity index (χ2n) is 5.67. The van der Waals surface area contributed by atoms with Gasteiger partial charge in [-0.25, -0.2) is 4.99 Å². The fourth-order valence-corrected chi connectivity index (χ4v) is 2.97. The van der Waals surface area contributed by atoms with Gasteiger partial charge in [-0.2, -0.15) is 0 Å². The summed E-state index contributed by atoms with van der Waals surface area (Å²) in [5.41, 5.74) is 7.58. The lowest BCUT2D eigenvalue weighted by molar-refractivity contribution is 0.297. The molecule has 0 saturated carbocycles. The maximum absolute atomic E-state index is 9.84. The lowest BCUT2D eigenvalue weighted by atomic mass is 10.2. The first-order chi connectivity index (χ1) is 12.6. The largest absolute Gasteiger partial charge is 0.503 e. The van der Waals surface area contributed by atoms with E-state index in [9.17, 15) is 5.11 Å². The number of ether oxygens (including phenoxy) is 3. The van der Waals surface area contributed by atoms with E-state index in [0.29, 0.717) is 35.7 Å². The van der Waals surface area contributed by atoms with Crippen molar-refractivity contribution in [1.29, 1.82) is 0 Å². The van der Waals surface area contributed by atoms with Gasteiger partial charge in [0.15, 0.2) is 29.0 Å². The predicted molar refractivity (Wildman–Crippen MR) is 103 cm³/mol. The molecule has 0 spiro atoms. The van der Waals surface area contributed by atoms with Gasteiger partial charge in [-0.15, -0.1) is 0 Å². The summed E-state index contributed by atoms with van der Waals surface area (Å²) in [4.78, 5) is 4.32. The summed E-state index contributed by atoms with van der Waals surface area (Å²) < 4.78 is 16.9. The zero-order valence-electron chi connectivity index (χ0n) is 14.3. The van der Waals surface area contributed by atoms with Crippen molar-refractivity contribution >= 4 is 27.6 Å². The van der Waals surface area contributed by atoms with Crippen molar-refractivity contribution in [2.45, 2.75) is 13.0 Å². The molecular formula is C18H20BrN3O4. The molecule has 3 rings (SSSR count). The molecule has 1 aliphatic heterocycles. The first-order valence-corrected chi connectivity index (χ1v) is 8.88. The molecule has 1 heterocycles. The fourth-order valence-electron chi connectivity index (χ4n) is 2.48. The van der Waals surface area contributed by atoms with Crippen LogP contribution in [0.25, 0.3) is 0 Å². The topological polar surface area (TPSA) is 98.3 Å². The van der Waals surface area contributed by atoms with Crippen LogP contribution in [-0.4, -0.2) is 31.4 Å². The summed E-state index contributed by atoms with van der Waals surface area (Å²) in [7, 11) is 1.49. The highest BCUT2D eigenvalue weighted by atomic mass is 79.9. The van der Waals surface area contributed by atoms with E-state index >= 15 is 0 Å². The van der Waals surface area contributed by atoms with Crippen molar-refractivity contribution in [3.05, 3.63) is 40.4 Å². The first-order valence-electron chi connectivity index (χ1n) is 8.09. The number of methoxy groups -OCH3 is 1. The lowest BCUT2D eigenvalue weighted by Gasteiger charge is -2.11. The third-order valence-corrected chi connectivity index (χ3v) is 4.36. The van der Waals surface area contributed by atoms with Gasteiger partial charge < -0.3 is 30.4 Å². The number of nitrogens with one attached hydrogen (secondary N) is 1.